The lowest BCUT2D eigenvalue weighted by molar-refractivity contribution is -0.137. The Labute approximate surface area is 214 Å². The molecule has 6 nitrogen and oxygen atoms in total. The minimum Gasteiger partial charge on any atom is -0.449 e. The molecule has 1 amide bonds. The fraction of sp³-hybridized carbons (Fsp3) is 0.185. The van der Waals surface area contributed by atoms with Crippen molar-refractivity contribution in [1.82, 2.24) is 0 Å². The fourth-order valence-corrected chi connectivity index (χ4v) is 3.93. The van der Waals surface area contributed by atoms with Crippen LogP contribution in [0.25, 0.3) is 11.0 Å². The average molecular weight is 532 g/mol. The van der Waals surface area contributed by atoms with E-state index in [0.29, 0.717) is 34.8 Å². The van der Waals surface area contributed by atoms with Crippen molar-refractivity contribution in [3.63, 3.8) is 0 Å². The second-order valence-electron chi connectivity index (χ2n) is 7.92. The molecule has 37 heavy (non-hydrogen) atoms. The van der Waals surface area contributed by atoms with Crippen LogP contribution in [0.15, 0.2) is 77.2 Å². The summed E-state index contributed by atoms with van der Waals surface area (Å²) in [5.41, 5.74) is -0.0729. The maximum atomic E-state index is 13.3. The number of amides is 1. The molecule has 4 rings (SSSR count). The Balaban J connectivity index is 1.66. The Kier molecular flexibility index (Phi) is 7.85. The lowest BCUT2D eigenvalue weighted by Crippen LogP contribution is -2.26. The normalized spacial score (nSPS) is 12.4. The summed E-state index contributed by atoms with van der Waals surface area (Å²) in [6, 6.07) is 18.0. The zero-order valence-electron chi connectivity index (χ0n) is 19.5. The van der Waals surface area contributed by atoms with E-state index < -0.39 is 34.7 Å². The third-order valence-corrected chi connectivity index (χ3v) is 5.77. The molecule has 1 heterocycles. The van der Waals surface area contributed by atoms with Gasteiger partial charge in [0.1, 0.15) is 5.58 Å². The molecule has 1 atom stereocenters. The first kappa shape index (κ1) is 26.2. The van der Waals surface area contributed by atoms with E-state index in [0.717, 1.165) is 6.07 Å². The fourth-order valence-electron chi connectivity index (χ4n) is 3.70. The number of hydrogen-bond donors (Lipinski definition) is 1. The first-order chi connectivity index (χ1) is 17.7. The van der Waals surface area contributed by atoms with Crippen LogP contribution >= 0.6 is 11.6 Å². The van der Waals surface area contributed by atoms with Crippen LogP contribution < -0.4 is 5.32 Å². The zero-order chi connectivity index (χ0) is 26.6. The molecule has 10 heteroatoms. The molecular formula is C27H21ClF3NO5. The number of para-hydroxylation sites is 1. The number of nitrogens with one attached hydrogen (secondary N) is 1. The van der Waals surface area contributed by atoms with E-state index in [1.54, 1.807) is 61.5 Å². The third kappa shape index (κ3) is 5.95. The molecule has 192 valence electrons. The summed E-state index contributed by atoms with van der Waals surface area (Å²) in [6.07, 6.45) is -6.21. The van der Waals surface area contributed by atoms with Crippen molar-refractivity contribution >= 4 is 40.1 Å². The maximum Gasteiger partial charge on any atom is 0.417 e. The van der Waals surface area contributed by atoms with Gasteiger partial charge in [-0.2, -0.15) is 13.2 Å². The zero-order valence-corrected chi connectivity index (χ0v) is 20.2. The number of carbonyl (C=O) groups excluding carboxylic acids is 2. The molecule has 1 aromatic heterocycles. The second-order valence-corrected chi connectivity index (χ2v) is 8.33. The van der Waals surface area contributed by atoms with Gasteiger partial charge in [0, 0.05) is 28.8 Å². The molecule has 4 aromatic rings. The molecule has 0 radical (unpaired) electrons. The van der Waals surface area contributed by atoms with Crippen LogP contribution in [0.4, 0.5) is 18.9 Å². The molecule has 0 saturated heterocycles. The van der Waals surface area contributed by atoms with E-state index in [2.05, 4.69) is 5.32 Å². The van der Waals surface area contributed by atoms with Crippen molar-refractivity contribution < 1.29 is 36.7 Å². The minimum atomic E-state index is -4.72. The van der Waals surface area contributed by atoms with Gasteiger partial charge in [-0.15, -0.1) is 0 Å². The topological polar surface area (TPSA) is 77.8 Å². The molecule has 0 aliphatic heterocycles. The van der Waals surface area contributed by atoms with Crippen LogP contribution in [0.5, 0.6) is 0 Å². The Morgan fingerprint density at radius 3 is 2.43 bits per heavy atom. The Morgan fingerprint density at radius 1 is 1.03 bits per heavy atom. The first-order valence-corrected chi connectivity index (χ1v) is 11.6. The Hall–Kier alpha value is -3.82. The molecule has 0 aliphatic rings. The van der Waals surface area contributed by atoms with Crippen molar-refractivity contribution in [2.75, 3.05) is 11.9 Å². The number of fused-ring (bicyclic) bond motifs is 1. The van der Waals surface area contributed by atoms with Crippen molar-refractivity contribution in [2.24, 2.45) is 0 Å². The molecular weight excluding hydrogens is 511 g/mol. The summed E-state index contributed by atoms with van der Waals surface area (Å²) in [7, 11) is 0. The number of benzene rings is 3. The van der Waals surface area contributed by atoms with Gasteiger partial charge in [-0.3, -0.25) is 4.79 Å². The van der Waals surface area contributed by atoms with Gasteiger partial charge in [0.2, 0.25) is 11.9 Å². The smallest absolute Gasteiger partial charge is 0.417 e. The largest absolute Gasteiger partial charge is 0.449 e. The van der Waals surface area contributed by atoms with Gasteiger partial charge in [0.25, 0.3) is 5.91 Å². The first-order valence-electron chi connectivity index (χ1n) is 11.2. The lowest BCUT2D eigenvalue weighted by atomic mass is 10.1. The summed E-state index contributed by atoms with van der Waals surface area (Å²) < 4.78 is 56.6. The number of ether oxygens (including phenoxy) is 2. The van der Waals surface area contributed by atoms with Gasteiger partial charge in [-0.1, -0.05) is 60.1 Å². The van der Waals surface area contributed by atoms with Gasteiger partial charge in [0.15, 0.2) is 0 Å². The minimum absolute atomic E-state index is 0.0745. The molecule has 0 bridgehead atoms. The number of carbonyl (C=O) groups is 2. The summed E-state index contributed by atoms with van der Waals surface area (Å²) in [4.78, 5) is 26.4. The highest BCUT2D eigenvalue weighted by molar-refractivity contribution is 6.31. The van der Waals surface area contributed by atoms with Crippen LogP contribution in [0.1, 0.15) is 40.3 Å². The van der Waals surface area contributed by atoms with E-state index in [1.807, 2.05) is 0 Å². The van der Waals surface area contributed by atoms with E-state index in [9.17, 15) is 22.8 Å². The molecule has 0 saturated carbocycles. The number of rotatable bonds is 8. The number of anilines is 1. The number of alkyl halides is 3. The van der Waals surface area contributed by atoms with Gasteiger partial charge >= 0.3 is 12.1 Å². The van der Waals surface area contributed by atoms with Crippen LogP contribution in [0.3, 0.4) is 0 Å². The van der Waals surface area contributed by atoms with Crippen molar-refractivity contribution in [2.45, 2.75) is 25.8 Å². The number of furan rings is 1. The number of esters is 1. The number of halogens is 4. The molecule has 0 unspecified atom stereocenters. The maximum absolute atomic E-state index is 13.3. The van der Waals surface area contributed by atoms with Crippen molar-refractivity contribution in [3.05, 3.63) is 100 Å². The molecule has 0 aliphatic carbocycles. The van der Waals surface area contributed by atoms with E-state index >= 15 is 0 Å². The molecule has 0 fully saturated rings. The summed E-state index contributed by atoms with van der Waals surface area (Å²) in [6.45, 7) is 2.27. The predicted molar refractivity (Wildman–Crippen MR) is 131 cm³/mol. The highest BCUT2D eigenvalue weighted by Crippen LogP contribution is 2.36. The highest BCUT2D eigenvalue weighted by Gasteiger charge is 2.34. The monoisotopic (exact) mass is 531 g/mol. The van der Waals surface area contributed by atoms with Crippen molar-refractivity contribution in [1.29, 1.82) is 0 Å². The standard InChI is InChI=1S/C27H21ClF3NO5/c1-2-35-15-19-18-10-6-7-11-22(18)36-24(19)26(34)37-23(16-8-4-3-5-9-16)25(33)32-17-12-13-21(28)20(14-17)27(29,30)31/h3-14,23H,2,15H2,1H3,(H,32,33)/t23-/m0/s1. The third-order valence-electron chi connectivity index (χ3n) is 5.44. The lowest BCUT2D eigenvalue weighted by Gasteiger charge is -2.18. The van der Waals surface area contributed by atoms with E-state index in [1.165, 1.54) is 6.07 Å². The van der Waals surface area contributed by atoms with E-state index in [-0.39, 0.29) is 18.1 Å². The Morgan fingerprint density at radius 2 is 1.73 bits per heavy atom. The summed E-state index contributed by atoms with van der Waals surface area (Å²) in [5, 5.41) is 2.53. The van der Waals surface area contributed by atoms with Crippen LogP contribution in [-0.2, 0) is 27.1 Å². The Bertz CT molecular complexity index is 1420. The second kappa shape index (κ2) is 11.1. The molecule has 1 N–H and O–H groups in total. The van der Waals surface area contributed by atoms with Crippen LogP contribution in [-0.4, -0.2) is 18.5 Å². The van der Waals surface area contributed by atoms with E-state index in [4.69, 9.17) is 25.5 Å². The highest BCUT2D eigenvalue weighted by atomic mass is 35.5. The predicted octanol–water partition coefficient (Wildman–Crippen LogP) is 7.18. The van der Waals surface area contributed by atoms with Crippen LogP contribution in [0, 0.1) is 0 Å². The SMILES string of the molecule is CCOCc1c(C(=O)O[C@H](C(=O)Nc2ccc(Cl)c(C(F)(F)F)c2)c2ccccc2)oc2ccccc12. The van der Waals surface area contributed by atoms with Crippen LogP contribution in [0.2, 0.25) is 5.02 Å². The van der Waals surface area contributed by atoms with Gasteiger partial charge in [0.05, 0.1) is 17.2 Å². The molecule has 0 spiro atoms. The van der Waals surface area contributed by atoms with Gasteiger partial charge < -0.3 is 19.2 Å². The number of hydrogen-bond acceptors (Lipinski definition) is 5. The summed E-state index contributed by atoms with van der Waals surface area (Å²) >= 11 is 5.67. The summed E-state index contributed by atoms with van der Waals surface area (Å²) in [5.74, 6) is -1.92. The quantitative estimate of drug-likeness (QED) is 0.244. The molecule has 3 aromatic carbocycles. The van der Waals surface area contributed by atoms with Gasteiger partial charge in [-0.05, 0) is 31.2 Å². The average Bonchev–Trinajstić information content (AvgIpc) is 3.25. The van der Waals surface area contributed by atoms with Crippen molar-refractivity contribution in [3.8, 4) is 0 Å². The van der Waals surface area contributed by atoms with Gasteiger partial charge in [-0.25, -0.2) is 4.79 Å².